The third-order valence-corrected chi connectivity index (χ3v) is 5.24. The molecule has 0 saturated carbocycles. The first-order valence-corrected chi connectivity index (χ1v) is 10.2. The molecule has 0 bridgehead atoms. The van der Waals surface area contributed by atoms with Gasteiger partial charge in [0.1, 0.15) is 25.2 Å². The average Bonchev–Trinajstić information content (AvgIpc) is 3.09. The molecule has 0 aromatic heterocycles. The molecule has 1 aliphatic carbocycles. The average molecular weight is 439 g/mol. The van der Waals surface area contributed by atoms with Gasteiger partial charge in [0.05, 0.1) is 0 Å². The highest BCUT2D eigenvalue weighted by molar-refractivity contribution is 5.91. The lowest BCUT2D eigenvalue weighted by Gasteiger charge is -2.17. The van der Waals surface area contributed by atoms with E-state index >= 15 is 0 Å². The number of carbonyl (C=O) groups excluding carboxylic acids is 3. The van der Waals surface area contributed by atoms with Crippen LogP contribution in [-0.4, -0.2) is 54.2 Å². The van der Waals surface area contributed by atoms with Crippen molar-refractivity contribution in [3.05, 3.63) is 59.7 Å². The van der Waals surface area contributed by atoms with Crippen molar-refractivity contribution in [2.75, 3.05) is 13.2 Å². The summed E-state index contributed by atoms with van der Waals surface area (Å²) in [5.74, 6) is -2.53. The number of ether oxygens (including phenoxy) is 1. The van der Waals surface area contributed by atoms with Crippen LogP contribution in [0.2, 0.25) is 0 Å². The molecule has 2 unspecified atom stereocenters. The van der Waals surface area contributed by atoms with Crippen molar-refractivity contribution >= 4 is 23.9 Å². The molecule has 1 aliphatic rings. The number of hydrogen-bond acceptors (Lipinski definition) is 5. The summed E-state index contributed by atoms with van der Waals surface area (Å²) in [6, 6.07) is 13.8. The predicted molar refractivity (Wildman–Crippen MR) is 116 cm³/mol. The molecule has 0 saturated heterocycles. The van der Waals surface area contributed by atoms with Gasteiger partial charge >= 0.3 is 12.1 Å². The van der Waals surface area contributed by atoms with Crippen molar-refractivity contribution in [2.24, 2.45) is 0 Å². The Bertz CT molecular complexity index is 992. The Morgan fingerprint density at radius 2 is 1.47 bits per heavy atom. The van der Waals surface area contributed by atoms with Crippen LogP contribution in [-0.2, 0) is 19.1 Å². The van der Waals surface area contributed by atoms with E-state index in [-0.39, 0.29) is 19.1 Å². The van der Waals surface area contributed by atoms with Gasteiger partial charge < -0.3 is 25.8 Å². The summed E-state index contributed by atoms with van der Waals surface area (Å²) in [6.07, 6.45) is -0.751. The SMILES string of the molecule is CC(NC(=O)C(C)NC(=O)CNC(=O)OCC1c2ccccc2-c2ccccc21)C(=O)O. The van der Waals surface area contributed by atoms with Crippen LogP contribution in [0.15, 0.2) is 48.5 Å². The van der Waals surface area contributed by atoms with E-state index in [9.17, 15) is 19.2 Å². The summed E-state index contributed by atoms with van der Waals surface area (Å²) in [5, 5.41) is 15.8. The van der Waals surface area contributed by atoms with Gasteiger partial charge in [-0.05, 0) is 36.1 Å². The van der Waals surface area contributed by atoms with Gasteiger partial charge in [0.15, 0.2) is 0 Å². The molecule has 3 amide bonds. The molecule has 9 nitrogen and oxygen atoms in total. The molecule has 2 atom stereocenters. The number of hydrogen-bond donors (Lipinski definition) is 4. The molecule has 0 radical (unpaired) electrons. The lowest BCUT2D eigenvalue weighted by Crippen LogP contribution is -2.51. The lowest BCUT2D eigenvalue weighted by molar-refractivity contribution is -0.141. The third-order valence-electron chi connectivity index (χ3n) is 5.24. The van der Waals surface area contributed by atoms with Crippen molar-refractivity contribution in [2.45, 2.75) is 31.8 Å². The second kappa shape index (κ2) is 9.95. The number of nitrogens with one attached hydrogen (secondary N) is 3. The van der Waals surface area contributed by atoms with E-state index in [2.05, 4.69) is 16.0 Å². The van der Waals surface area contributed by atoms with E-state index in [1.807, 2.05) is 48.5 Å². The highest BCUT2D eigenvalue weighted by Gasteiger charge is 2.29. The first-order chi connectivity index (χ1) is 15.3. The van der Waals surface area contributed by atoms with Gasteiger partial charge in [0, 0.05) is 5.92 Å². The summed E-state index contributed by atoms with van der Waals surface area (Å²) in [7, 11) is 0. The fraction of sp³-hybridized carbons (Fsp3) is 0.304. The van der Waals surface area contributed by atoms with E-state index in [4.69, 9.17) is 9.84 Å². The molecule has 2 aromatic rings. The highest BCUT2D eigenvalue weighted by atomic mass is 16.5. The second-order valence-corrected chi connectivity index (χ2v) is 7.54. The van der Waals surface area contributed by atoms with Crippen LogP contribution < -0.4 is 16.0 Å². The molecule has 2 aromatic carbocycles. The number of benzene rings is 2. The fourth-order valence-corrected chi connectivity index (χ4v) is 3.56. The third kappa shape index (κ3) is 5.23. The number of carboxylic acids is 1. The zero-order valence-electron chi connectivity index (χ0n) is 17.8. The standard InChI is InChI=1S/C23H25N3O6/c1-13(21(28)26-14(2)22(29)30)25-20(27)11-24-23(31)32-12-19-17-9-5-3-7-15(17)16-8-4-6-10-18(16)19/h3-10,13-14,19H,11-12H2,1-2H3,(H,24,31)(H,25,27)(H,26,28)(H,29,30). The topological polar surface area (TPSA) is 134 Å². The van der Waals surface area contributed by atoms with Crippen LogP contribution >= 0.6 is 0 Å². The first-order valence-electron chi connectivity index (χ1n) is 10.2. The normalized spacial score (nSPS) is 13.8. The molecular weight excluding hydrogens is 414 g/mol. The number of rotatable bonds is 8. The molecule has 0 spiro atoms. The molecule has 0 heterocycles. The Morgan fingerprint density at radius 1 is 0.906 bits per heavy atom. The van der Waals surface area contributed by atoms with Crippen LogP contribution in [0.3, 0.4) is 0 Å². The molecule has 168 valence electrons. The molecule has 4 N–H and O–H groups in total. The Balaban J connectivity index is 1.47. The monoisotopic (exact) mass is 439 g/mol. The molecule has 9 heteroatoms. The zero-order valence-corrected chi connectivity index (χ0v) is 17.8. The molecular formula is C23H25N3O6. The van der Waals surface area contributed by atoms with Crippen LogP contribution in [0.5, 0.6) is 0 Å². The van der Waals surface area contributed by atoms with Crippen molar-refractivity contribution in [1.29, 1.82) is 0 Å². The smallest absolute Gasteiger partial charge is 0.407 e. The van der Waals surface area contributed by atoms with Crippen molar-refractivity contribution < 1.29 is 29.0 Å². The lowest BCUT2D eigenvalue weighted by atomic mass is 9.98. The summed E-state index contributed by atoms with van der Waals surface area (Å²) >= 11 is 0. The largest absolute Gasteiger partial charge is 0.480 e. The second-order valence-electron chi connectivity index (χ2n) is 7.54. The van der Waals surface area contributed by atoms with Gasteiger partial charge in [-0.25, -0.2) is 4.79 Å². The van der Waals surface area contributed by atoms with Gasteiger partial charge in [-0.2, -0.15) is 0 Å². The van der Waals surface area contributed by atoms with Crippen LogP contribution in [0, 0.1) is 0 Å². The van der Waals surface area contributed by atoms with Gasteiger partial charge in [-0.3, -0.25) is 14.4 Å². The minimum atomic E-state index is -1.19. The van der Waals surface area contributed by atoms with E-state index in [0.717, 1.165) is 22.3 Å². The summed E-state index contributed by atoms with van der Waals surface area (Å²) in [5.41, 5.74) is 4.38. The van der Waals surface area contributed by atoms with Crippen LogP contribution in [0.4, 0.5) is 4.79 Å². The number of aliphatic carboxylic acids is 1. The van der Waals surface area contributed by atoms with Crippen LogP contribution in [0.25, 0.3) is 11.1 Å². The number of fused-ring (bicyclic) bond motifs is 3. The Labute approximate surface area is 185 Å². The summed E-state index contributed by atoms with van der Waals surface area (Å²) < 4.78 is 5.35. The number of carbonyl (C=O) groups is 4. The van der Waals surface area contributed by atoms with Gasteiger partial charge in [-0.1, -0.05) is 48.5 Å². The van der Waals surface area contributed by atoms with Gasteiger partial charge in [0.25, 0.3) is 0 Å². The van der Waals surface area contributed by atoms with E-state index in [1.165, 1.54) is 13.8 Å². The Kier molecular flexibility index (Phi) is 7.09. The van der Waals surface area contributed by atoms with Crippen molar-refractivity contribution in [3.63, 3.8) is 0 Å². The summed E-state index contributed by atoms with van der Waals surface area (Å²) in [4.78, 5) is 46.8. The van der Waals surface area contributed by atoms with Crippen molar-refractivity contribution in [1.82, 2.24) is 16.0 Å². The molecule has 0 aliphatic heterocycles. The van der Waals surface area contributed by atoms with Gasteiger partial charge in [0.2, 0.25) is 11.8 Å². The maximum atomic E-state index is 12.1. The van der Waals surface area contributed by atoms with Crippen LogP contribution in [0.1, 0.15) is 30.9 Å². The fourth-order valence-electron chi connectivity index (χ4n) is 3.56. The molecule has 3 rings (SSSR count). The van der Waals surface area contributed by atoms with E-state index < -0.39 is 36.0 Å². The van der Waals surface area contributed by atoms with E-state index in [1.54, 1.807) is 0 Å². The maximum absolute atomic E-state index is 12.1. The number of amides is 3. The first kappa shape index (κ1) is 22.8. The molecule has 0 fully saturated rings. The van der Waals surface area contributed by atoms with Crippen molar-refractivity contribution in [3.8, 4) is 11.1 Å². The quantitative estimate of drug-likeness (QED) is 0.494. The predicted octanol–water partition coefficient (Wildman–Crippen LogP) is 1.62. The highest BCUT2D eigenvalue weighted by Crippen LogP contribution is 2.44. The number of carboxylic acid groups (broad SMARTS) is 1. The minimum Gasteiger partial charge on any atom is -0.480 e. The molecule has 32 heavy (non-hydrogen) atoms. The Hall–Kier alpha value is -3.88. The van der Waals surface area contributed by atoms with E-state index in [0.29, 0.717) is 0 Å². The zero-order chi connectivity index (χ0) is 23.3. The summed E-state index contributed by atoms with van der Waals surface area (Å²) in [6.45, 7) is 2.46. The van der Waals surface area contributed by atoms with Gasteiger partial charge in [-0.15, -0.1) is 0 Å². The number of alkyl carbamates (subject to hydrolysis) is 1. The maximum Gasteiger partial charge on any atom is 0.407 e. The minimum absolute atomic E-state index is 0.0954. The Morgan fingerprint density at radius 3 is 2.03 bits per heavy atom.